The zero-order valence-corrected chi connectivity index (χ0v) is 7.51. The predicted octanol–water partition coefficient (Wildman–Crippen LogP) is 2.56. The Morgan fingerprint density at radius 2 is 2.00 bits per heavy atom. The van der Waals surface area contributed by atoms with Gasteiger partial charge in [0.15, 0.2) is 11.5 Å². The number of para-hydroxylation sites is 2. The molecule has 0 radical (unpaired) electrons. The molecule has 1 heterocycles. The van der Waals surface area contributed by atoms with Crippen LogP contribution >= 0.6 is 0 Å². The highest BCUT2D eigenvalue weighted by molar-refractivity contribution is 5.37. The van der Waals surface area contributed by atoms with E-state index in [9.17, 15) is 5.11 Å². The molecule has 0 bridgehead atoms. The number of benzene rings is 1. The van der Waals surface area contributed by atoms with Crippen molar-refractivity contribution in [1.82, 2.24) is 0 Å². The maximum Gasteiger partial charge on any atom is 0.161 e. The summed E-state index contributed by atoms with van der Waals surface area (Å²) < 4.78 is 10.4. The zero-order valence-electron chi connectivity index (χ0n) is 7.51. The molecule has 2 rings (SSSR count). The van der Waals surface area contributed by atoms with Crippen molar-refractivity contribution in [1.29, 1.82) is 0 Å². The Morgan fingerprint density at radius 3 is 2.71 bits per heavy atom. The van der Waals surface area contributed by atoms with Gasteiger partial charge in [-0.3, -0.25) is 0 Å². The molecule has 72 valence electrons. The number of phenolic OH excluding ortho intramolecular Hbond substituents is 1. The molecule has 3 nitrogen and oxygen atoms in total. The van der Waals surface area contributed by atoms with Crippen molar-refractivity contribution < 1.29 is 14.3 Å². The van der Waals surface area contributed by atoms with Crippen molar-refractivity contribution in [3.05, 3.63) is 48.4 Å². The lowest BCUT2D eigenvalue weighted by Crippen LogP contribution is -1.93. The van der Waals surface area contributed by atoms with E-state index in [0.717, 1.165) is 5.76 Å². The van der Waals surface area contributed by atoms with Crippen molar-refractivity contribution in [2.24, 2.45) is 0 Å². The molecular weight excluding hydrogens is 180 g/mol. The van der Waals surface area contributed by atoms with Crippen molar-refractivity contribution in [2.45, 2.75) is 6.61 Å². The Hall–Kier alpha value is -1.90. The summed E-state index contributed by atoms with van der Waals surface area (Å²) in [6, 6.07) is 10.4. The smallest absolute Gasteiger partial charge is 0.161 e. The highest BCUT2D eigenvalue weighted by atomic mass is 16.5. The SMILES string of the molecule is Oc1ccccc1OCc1ccco1. The van der Waals surface area contributed by atoms with Gasteiger partial charge in [-0.15, -0.1) is 0 Å². The third-order valence-corrected chi connectivity index (χ3v) is 1.82. The number of ether oxygens (including phenoxy) is 1. The summed E-state index contributed by atoms with van der Waals surface area (Å²) in [6.07, 6.45) is 1.59. The molecule has 1 N–H and O–H groups in total. The monoisotopic (exact) mass is 190 g/mol. The van der Waals surface area contributed by atoms with E-state index in [1.165, 1.54) is 0 Å². The molecule has 0 aliphatic heterocycles. The van der Waals surface area contributed by atoms with Crippen LogP contribution in [0.4, 0.5) is 0 Å². The van der Waals surface area contributed by atoms with Crippen molar-refractivity contribution >= 4 is 0 Å². The van der Waals surface area contributed by atoms with Crippen LogP contribution in [-0.4, -0.2) is 5.11 Å². The van der Waals surface area contributed by atoms with Crippen LogP contribution in [0.1, 0.15) is 5.76 Å². The molecule has 3 heteroatoms. The van der Waals surface area contributed by atoms with Gasteiger partial charge in [-0.1, -0.05) is 12.1 Å². The number of hydrogen-bond donors (Lipinski definition) is 1. The number of hydrogen-bond acceptors (Lipinski definition) is 3. The van der Waals surface area contributed by atoms with E-state index < -0.39 is 0 Å². The van der Waals surface area contributed by atoms with Gasteiger partial charge in [0.25, 0.3) is 0 Å². The number of phenols is 1. The van der Waals surface area contributed by atoms with Crippen LogP contribution in [0, 0.1) is 0 Å². The van der Waals surface area contributed by atoms with Crippen LogP contribution in [0.2, 0.25) is 0 Å². The van der Waals surface area contributed by atoms with Crippen LogP contribution in [0.3, 0.4) is 0 Å². The van der Waals surface area contributed by atoms with E-state index in [4.69, 9.17) is 9.15 Å². The normalized spacial score (nSPS) is 10.0. The van der Waals surface area contributed by atoms with E-state index in [2.05, 4.69) is 0 Å². The lowest BCUT2D eigenvalue weighted by atomic mass is 10.3. The molecule has 0 saturated carbocycles. The van der Waals surface area contributed by atoms with Gasteiger partial charge >= 0.3 is 0 Å². The quantitative estimate of drug-likeness (QED) is 0.808. The van der Waals surface area contributed by atoms with E-state index in [-0.39, 0.29) is 5.75 Å². The topological polar surface area (TPSA) is 42.6 Å². The summed E-state index contributed by atoms with van der Waals surface area (Å²) in [5.74, 6) is 1.33. The number of rotatable bonds is 3. The fourth-order valence-electron chi connectivity index (χ4n) is 1.12. The Bertz CT molecular complexity index is 393. The van der Waals surface area contributed by atoms with Crippen LogP contribution in [0.25, 0.3) is 0 Å². The first-order chi connectivity index (χ1) is 6.86. The molecule has 1 aromatic carbocycles. The van der Waals surface area contributed by atoms with Crippen molar-refractivity contribution in [3.63, 3.8) is 0 Å². The molecule has 0 amide bonds. The van der Waals surface area contributed by atoms with Crippen LogP contribution < -0.4 is 4.74 Å². The Morgan fingerprint density at radius 1 is 1.14 bits per heavy atom. The lowest BCUT2D eigenvalue weighted by Gasteiger charge is -2.05. The number of furan rings is 1. The van der Waals surface area contributed by atoms with Crippen LogP contribution in [0.15, 0.2) is 47.1 Å². The maximum absolute atomic E-state index is 9.38. The van der Waals surface area contributed by atoms with Gasteiger partial charge in [0.05, 0.1) is 6.26 Å². The minimum absolute atomic E-state index is 0.138. The molecule has 0 spiro atoms. The Labute approximate surface area is 81.6 Å². The van der Waals surface area contributed by atoms with Gasteiger partial charge in [-0.25, -0.2) is 0 Å². The minimum Gasteiger partial charge on any atom is -0.504 e. The van der Waals surface area contributed by atoms with Gasteiger partial charge in [-0.05, 0) is 24.3 Å². The average Bonchev–Trinajstić information content (AvgIpc) is 2.69. The van der Waals surface area contributed by atoms with Gasteiger partial charge in [-0.2, -0.15) is 0 Å². The fraction of sp³-hybridized carbons (Fsp3) is 0.0909. The van der Waals surface area contributed by atoms with Crippen LogP contribution in [-0.2, 0) is 6.61 Å². The first-order valence-electron chi connectivity index (χ1n) is 4.29. The molecule has 0 saturated heterocycles. The Balaban J connectivity index is 2.02. The Kier molecular flexibility index (Phi) is 2.40. The summed E-state index contributed by atoms with van der Waals surface area (Å²) in [6.45, 7) is 0.324. The largest absolute Gasteiger partial charge is 0.504 e. The lowest BCUT2D eigenvalue weighted by molar-refractivity contribution is 0.258. The third kappa shape index (κ3) is 1.88. The molecule has 14 heavy (non-hydrogen) atoms. The summed E-state index contributed by atoms with van der Waals surface area (Å²) >= 11 is 0. The predicted molar refractivity (Wildman–Crippen MR) is 51.1 cm³/mol. The summed E-state index contributed by atoms with van der Waals surface area (Å²) in [7, 11) is 0. The molecule has 0 aliphatic carbocycles. The summed E-state index contributed by atoms with van der Waals surface area (Å²) in [5.41, 5.74) is 0. The molecule has 2 aromatic rings. The van der Waals surface area contributed by atoms with E-state index in [0.29, 0.717) is 12.4 Å². The van der Waals surface area contributed by atoms with Gasteiger partial charge in [0.2, 0.25) is 0 Å². The zero-order chi connectivity index (χ0) is 9.80. The summed E-state index contributed by atoms with van der Waals surface area (Å²) in [5, 5.41) is 9.38. The second-order valence-electron chi connectivity index (χ2n) is 2.84. The van der Waals surface area contributed by atoms with Gasteiger partial charge in [0.1, 0.15) is 12.4 Å². The van der Waals surface area contributed by atoms with E-state index >= 15 is 0 Å². The van der Waals surface area contributed by atoms with Gasteiger partial charge in [0, 0.05) is 0 Å². The molecule has 1 aromatic heterocycles. The first kappa shape index (κ1) is 8.69. The highest BCUT2D eigenvalue weighted by Crippen LogP contribution is 2.25. The molecular formula is C11H10O3. The molecule has 0 aliphatic rings. The molecule has 0 unspecified atom stereocenters. The second kappa shape index (κ2) is 3.87. The standard InChI is InChI=1S/C11H10O3/c12-10-5-1-2-6-11(10)14-8-9-4-3-7-13-9/h1-7,12H,8H2. The first-order valence-corrected chi connectivity index (χ1v) is 4.29. The molecule has 0 fully saturated rings. The van der Waals surface area contributed by atoms with Gasteiger partial charge < -0.3 is 14.3 Å². The van der Waals surface area contributed by atoms with E-state index in [1.54, 1.807) is 36.6 Å². The van der Waals surface area contributed by atoms with Crippen molar-refractivity contribution in [3.8, 4) is 11.5 Å². The third-order valence-electron chi connectivity index (χ3n) is 1.82. The van der Waals surface area contributed by atoms with E-state index in [1.807, 2.05) is 6.07 Å². The van der Waals surface area contributed by atoms with Crippen molar-refractivity contribution in [2.75, 3.05) is 0 Å². The molecule has 0 atom stereocenters. The second-order valence-corrected chi connectivity index (χ2v) is 2.84. The fourth-order valence-corrected chi connectivity index (χ4v) is 1.12. The maximum atomic E-state index is 9.38. The number of aromatic hydroxyl groups is 1. The minimum atomic E-state index is 0.138. The highest BCUT2D eigenvalue weighted by Gasteiger charge is 2.01. The van der Waals surface area contributed by atoms with Crippen LogP contribution in [0.5, 0.6) is 11.5 Å². The summed E-state index contributed by atoms with van der Waals surface area (Å²) in [4.78, 5) is 0. The average molecular weight is 190 g/mol.